The Balaban J connectivity index is 2.08. The number of aryl methyl sites for hydroxylation is 1. The van der Waals surface area contributed by atoms with Gasteiger partial charge in [0.2, 0.25) is 0 Å². The van der Waals surface area contributed by atoms with Gasteiger partial charge in [0.15, 0.2) is 0 Å². The number of hydrogen-bond donors (Lipinski definition) is 1. The molecule has 0 saturated heterocycles. The number of nitrogens with zero attached hydrogens (tertiary/aromatic N) is 3. The van der Waals surface area contributed by atoms with Crippen LogP contribution in [0.3, 0.4) is 0 Å². The molecule has 2 aromatic rings. The molecular formula is C14H16FN3O2. The summed E-state index contributed by atoms with van der Waals surface area (Å²) in [6.45, 7) is 1.15. The molecule has 0 aliphatic rings. The molecule has 1 N–H and O–H groups in total. The number of benzene rings is 1. The van der Waals surface area contributed by atoms with E-state index in [4.69, 9.17) is 5.11 Å². The number of carboxylic acids is 1. The van der Waals surface area contributed by atoms with E-state index in [1.165, 1.54) is 12.1 Å². The zero-order valence-corrected chi connectivity index (χ0v) is 11.4. The number of carbonyl (C=O) groups is 1. The smallest absolute Gasteiger partial charge is 0.338 e. The average Bonchev–Trinajstić information content (AvgIpc) is 2.77. The van der Waals surface area contributed by atoms with E-state index in [2.05, 4.69) is 4.98 Å². The van der Waals surface area contributed by atoms with Crippen LogP contribution in [0, 0.1) is 5.82 Å². The minimum Gasteiger partial charge on any atom is -0.478 e. The van der Waals surface area contributed by atoms with Crippen LogP contribution in [-0.4, -0.2) is 32.6 Å². The van der Waals surface area contributed by atoms with E-state index in [1.54, 1.807) is 12.3 Å². The molecule has 2 rings (SSSR count). The van der Waals surface area contributed by atoms with Gasteiger partial charge in [0.25, 0.3) is 0 Å². The van der Waals surface area contributed by atoms with Crippen molar-refractivity contribution in [2.24, 2.45) is 7.05 Å². The third kappa shape index (κ3) is 3.21. The van der Waals surface area contributed by atoms with Gasteiger partial charge in [0.1, 0.15) is 11.6 Å². The topological polar surface area (TPSA) is 58.4 Å². The van der Waals surface area contributed by atoms with Crippen LogP contribution in [0.4, 0.5) is 4.39 Å². The summed E-state index contributed by atoms with van der Waals surface area (Å²) in [4.78, 5) is 17.1. The first-order valence-corrected chi connectivity index (χ1v) is 6.14. The van der Waals surface area contributed by atoms with Crippen LogP contribution >= 0.6 is 0 Å². The van der Waals surface area contributed by atoms with Crippen molar-refractivity contribution in [3.05, 3.63) is 53.4 Å². The van der Waals surface area contributed by atoms with Crippen molar-refractivity contribution in [2.45, 2.75) is 13.1 Å². The van der Waals surface area contributed by atoms with Gasteiger partial charge in [0.05, 0.1) is 12.1 Å². The van der Waals surface area contributed by atoms with Crippen LogP contribution in [0.1, 0.15) is 21.7 Å². The van der Waals surface area contributed by atoms with Gasteiger partial charge in [-0.15, -0.1) is 0 Å². The highest BCUT2D eigenvalue weighted by atomic mass is 19.1. The van der Waals surface area contributed by atoms with E-state index in [9.17, 15) is 9.18 Å². The van der Waals surface area contributed by atoms with Crippen molar-refractivity contribution >= 4 is 5.97 Å². The molecule has 0 aliphatic carbocycles. The normalized spacial score (nSPS) is 11.0. The number of halogens is 1. The molecule has 106 valence electrons. The maximum atomic E-state index is 13.3. The van der Waals surface area contributed by atoms with Crippen LogP contribution in [0.5, 0.6) is 0 Å². The van der Waals surface area contributed by atoms with Crippen molar-refractivity contribution in [3.63, 3.8) is 0 Å². The van der Waals surface area contributed by atoms with E-state index in [1.807, 2.05) is 29.8 Å². The SMILES string of the molecule is CN(Cc1ccc(F)c(C(=O)O)c1)Cc1nccn1C. The second kappa shape index (κ2) is 5.83. The third-order valence-electron chi connectivity index (χ3n) is 3.05. The molecule has 0 spiro atoms. The fourth-order valence-electron chi connectivity index (χ4n) is 1.99. The van der Waals surface area contributed by atoms with Crippen molar-refractivity contribution in [1.29, 1.82) is 0 Å². The van der Waals surface area contributed by atoms with Crippen LogP contribution in [-0.2, 0) is 20.1 Å². The van der Waals surface area contributed by atoms with E-state index in [0.717, 1.165) is 11.4 Å². The Bertz CT molecular complexity index is 625. The number of rotatable bonds is 5. The first-order valence-electron chi connectivity index (χ1n) is 6.14. The van der Waals surface area contributed by atoms with Gasteiger partial charge >= 0.3 is 5.97 Å². The van der Waals surface area contributed by atoms with Crippen LogP contribution in [0.15, 0.2) is 30.6 Å². The summed E-state index contributed by atoms with van der Waals surface area (Å²) in [6.07, 6.45) is 3.59. The zero-order valence-electron chi connectivity index (χ0n) is 11.4. The van der Waals surface area contributed by atoms with Gasteiger partial charge in [-0.3, -0.25) is 4.90 Å². The van der Waals surface area contributed by atoms with Crippen molar-refractivity contribution in [2.75, 3.05) is 7.05 Å². The van der Waals surface area contributed by atoms with Gasteiger partial charge < -0.3 is 9.67 Å². The molecule has 0 aliphatic heterocycles. The standard InChI is InChI=1S/C14H16FN3O2/c1-17(9-13-16-5-6-18(13)2)8-10-3-4-12(15)11(7-10)14(19)20/h3-7H,8-9H2,1-2H3,(H,19,20). The highest BCUT2D eigenvalue weighted by Crippen LogP contribution is 2.13. The number of aromatic carboxylic acids is 1. The Hall–Kier alpha value is -2.21. The molecule has 20 heavy (non-hydrogen) atoms. The van der Waals surface area contributed by atoms with Gasteiger partial charge in [-0.1, -0.05) is 6.07 Å². The molecule has 5 nitrogen and oxygen atoms in total. The summed E-state index contributed by atoms with van der Waals surface area (Å²) >= 11 is 0. The Labute approximate surface area is 116 Å². The lowest BCUT2D eigenvalue weighted by molar-refractivity contribution is 0.0691. The predicted octanol–water partition coefficient (Wildman–Crippen LogP) is 1.89. The lowest BCUT2D eigenvalue weighted by Gasteiger charge is -2.16. The molecule has 6 heteroatoms. The molecule has 0 bridgehead atoms. The zero-order chi connectivity index (χ0) is 14.7. The van der Waals surface area contributed by atoms with E-state index < -0.39 is 11.8 Å². The highest BCUT2D eigenvalue weighted by Gasteiger charge is 2.12. The molecule has 1 aromatic carbocycles. The minimum absolute atomic E-state index is 0.298. The first kappa shape index (κ1) is 14.2. The predicted molar refractivity (Wildman–Crippen MR) is 71.7 cm³/mol. The summed E-state index contributed by atoms with van der Waals surface area (Å²) in [5.41, 5.74) is 0.452. The van der Waals surface area contributed by atoms with Crippen molar-refractivity contribution < 1.29 is 14.3 Å². The minimum atomic E-state index is -1.25. The quantitative estimate of drug-likeness (QED) is 0.906. The molecule has 0 amide bonds. The molecular weight excluding hydrogens is 261 g/mol. The molecule has 1 heterocycles. The largest absolute Gasteiger partial charge is 0.478 e. The Morgan fingerprint density at radius 2 is 2.20 bits per heavy atom. The summed E-state index contributed by atoms with van der Waals surface area (Å²) in [7, 11) is 3.81. The number of imidazole rings is 1. The fourth-order valence-corrected chi connectivity index (χ4v) is 1.99. The molecule has 0 radical (unpaired) electrons. The lowest BCUT2D eigenvalue weighted by Crippen LogP contribution is -2.19. The van der Waals surface area contributed by atoms with Gasteiger partial charge in [-0.2, -0.15) is 0 Å². The number of hydrogen-bond acceptors (Lipinski definition) is 3. The maximum absolute atomic E-state index is 13.3. The van der Waals surface area contributed by atoms with Crippen LogP contribution in [0.25, 0.3) is 0 Å². The second-order valence-corrected chi connectivity index (χ2v) is 4.75. The van der Waals surface area contributed by atoms with E-state index >= 15 is 0 Å². The second-order valence-electron chi connectivity index (χ2n) is 4.75. The number of aromatic nitrogens is 2. The van der Waals surface area contributed by atoms with E-state index in [-0.39, 0.29) is 5.56 Å². The molecule has 0 fully saturated rings. The van der Waals surface area contributed by atoms with E-state index in [0.29, 0.717) is 13.1 Å². The highest BCUT2D eigenvalue weighted by molar-refractivity contribution is 5.88. The Kier molecular flexibility index (Phi) is 4.14. The summed E-state index contributed by atoms with van der Waals surface area (Å²) < 4.78 is 15.2. The van der Waals surface area contributed by atoms with Gasteiger partial charge in [-0.25, -0.2) is 14.2 Å². The van der Waals surface area contributed by atoms with Crippen molar-refractivity contribution in [3.8, 4) is 0 Å². The molecule has 1 aromatic heterocycles. The van der Waals surface area contributed by atoms with Gasteiger partial charge in [0, 0.05) is 26.0 Å². The van der Waals surface area contributed by atoms with Crippen molar-refractivity contribution in [1.82, 2.24) is 14.5 Å². The summed E-state index contributed by atoms with van der Waals surface area (Å²) in [5, 5.41) is 8.90. The summed E-state index contributed by atoms with van der Waals surface area (Å²) in [5.74, 6) is -1.06. The molecule has 0 saturated carbocycles. The Morgan fingerprint density at radius 3 is 2.80 bits per heavy atom. The molecule has 0 atom stereocenters. The average molecular weight is 277 g/mol. The molecule has 0 unspecified atom stereocenters. The summed E-state index contributed by atoms with van der Waals surface area (Å²) in [6, 6.07) is 4.15. The lowest BCUT2D eigenvalue weighted by atomic mass is 10.1. The maximum Gasteiger partial charge on any atom is 0.338 e. The van der Waals surface area contributed by atoms with Crippen LogP contribution < -0.4 is 0 Å². The Morgan fingerprint density at radius 1 is 1.45 bits per heavy atom. The first-order chi connectivity index (χ1) is 9.47. The fraction of sp³-hybridized carbons (Fsp3) is 0.286. The van der Waals surface area contributed by atoms with Gasteiger partial charge in [-0.05, 0) is 24.7 Å². The van der Waals surface area contributed by atoms with Crippen LogP contribution in [0.2, 0.25) is 0 Å². The number of carboxylic acid groups (broad SMARTS) is 1. The monoisotopic (exact) mass is 277 g/mol. The third-order valence-corrected chi connectivity index (χ3v) is 3.05.